The van der Waals surface area contributed by atoms with E-state index in [0.29, 0.717) is 17.1 Å². The van der Waals surface area contributed by atoms with Crippen molar-refractivity contribution in [2.24, 2.45) is 7.05 Å². The number of rotatable bonds is 6. The zero-order valence-corrected chi connectivity index (χ0v) is 18.3. The highest BCUT2D eigenvalue weighted by molar-refractivity contribution is 7.99. The molecule has 3 heterocycles. The van der Waals surface area contributed by atoms with Crippen LogP contribution in [0.2, 0.25) is 0 Å². The third-order valence-corrected chi connectivity index (χ3v) is 7.66. The maximum Gasteiger partial charge on any atom is 0.263 e. The first-order valence-corrected chi connectivity index (χ1v) is 12.0. The predicted molar refractivity (Wildman–Crippen MR) is 118 cm³/mol. The van der Waals surface area contributed by atoms with E-state index in [-0.39, 0.29) is 17.2 Å². The number of carbonyl (C=O) groups is 1. The molecule has 0 unspecified atom stereocenters. The predicted octanol–water partition coefficient (Wildman–Crippen LogP) is 4.73. The molecular formula is C20H21N3O2S3. The fraction of sp³-hybridized carbons (Fsp3) is 0.350. The summed E-state index contributed by atoms with van der Waals surface area (Å²) in [6.45, 7) is 2.67. The van der Waals surface area contributed by atoms with Gasteiger partial charge < -0.3 is 4.90 Å². The Kier molecular flexibility index (Phi) is 5.70. The normalized spacial score (nSPS) is 13.9. The molecule has 3 aromatic rings. The second-order valence-electron chi connectivity index (χ2n) is 6.58. The summed E-state index contributed by atoms with van der Waals surface area (Å²) in [5.74, 6) is 0.348. The first kappa shape index (κ1) is 19.4. The molecule has 0 fully saturated rings. The lowest BCUT2D eigenvalue weighted by molar-refractivity contribution is -0.126. The fourth-order valence-electron chi connectivity index (χ4n) is 3.44. The molecule has 0 aromatic carbocycles. The molecule has 1 aliphatic rings. The highest BCUT2D eigenvalue weighted by atomic mass is 32.2. The molecule has 0 saturated carbocycles. The summed E-state index contributed by atoms with van der Waals surface area (Å²) in [5.41, 5.74) is 2.01. The Morgan fingerprint density at radius 3 is 2.93 bits per heavy atom. The number of fused-ring (bicyclic) bond motifs is 1. The highest BCUT2D eigenvalue weighted by Gasteiger charge is 2.21. The van der Waals surface area contributed by atoms with Gasteiger partial charge in [0.05, 0.1) is 11.1 Å². The van der Waals surface area contributed by atoms with Gasteiger partial charge in [0.15, 0.2) is 5.16 Å². The van der Waals surface area contributed by atoms with Crippen molar-refractivity contribution in [3.63, 3.8) is 0 Å². The number of amides is 1. The molecule has 5 nitrogen and oxygen atoms in total. The van der Waals surface area contributed by atoms with Crippen molar-refractivity contribution in [1.82, 2.24) is 14.5 Å². The molecule has 146 valence electrons. The van der Waals surface area contributed by atoms with Crippen LogP contribution in [0.4, 0.5) is 0 Å². The SMILES string of the molecule is CCN(C(=O)CSc1nc2scc(-c3cccs3)c2c(=O)n1C)C1=CCCC1. The van der Waals surface area contributed by atoms with Crippen LogP contribution in [0.1, 0.15) is 26.2 Å². The largest absolute Gasteiger partial charge is 0.316 e. The number of carbonyl (C=O) groups excluding carboxylic acids is 1. The van der Waals surface area contributed by atoms with E-state index in [1.165, 1.54) is 23.1 Å². The third-order valence-electron chi connectivity index (χ3n) is 4.87. The maximum atomic E-state index is 13.0. The van der Waals surface area contributed by atoms with Crippen LogP contribution in [0, 0.1) is 0 Å². The van der Waals surface area contributed by atoms with Crippen LogP contribution >= 0.6 is 34.4 Å². The Balaban J connectivity index is 1.59. The molecule has 0 bridgehead atoms. The van der Waals surface area contributed by atoms with Crippen molar-refractivity contribution in [1.29, 1.82) is 0 Å². The summed E-state index contributed by atoms with van der Waals surface area (Å²) in [6, 6.07) is 4.00. The lowest BCUT2D eigenvalue weighted by atomic mass is 10.2. The first-order chi connectivity index (χ1) is 13.6. The van der Waals surface area contributed by atoms with Gasteiger partial charge >= 0.3 is 0 Å². The maximum absolute atomic E-state index is 13.0. The van der Waals surface area contributed by atoms with Crippen LogP contribution in [-0.2, 0) is 11.8 Å². The van der Waals surface area contributed by atoms with Crippen molar-refractivity contribution in [2.75, 3.05) is 12.3 Å². The smallest absolute Gasteiger partial charge is 0.263 e. The van der Waals surface area contributed by atoms with E-state index >= 15 is 0 Å². The second-order valence-corrected chi connectivity index (χ2v) is 9.33. The molecule has 8 heteroatoms. The van der Waals surface area contributed by atoms with Crippen molar-refractivity contribution in [2.45, 2.75) is 31.3 Å². The van der Waals surface area contributed by atoms with Gasteiger partial charge in [-0.3, -0.25) is 14.2 Å². The van der Waals surface area contributed by atoms with Gasteiger partial charge in [-0.1, -0.05) is 23.9 Å². The molecule has 0 radical (unpaired) electrons. The van der Waals surface area contributed by atoms with Crippen LogP contribution < -0.4 is 5.56 Å². The van der Waals surface area contributed by atoms with E-state index in [2.05, 4.69) is 11.1 Å². The Morgan fingerprint density at radius 1 is 1.39 bits per heavy atom. The average molecular weight is 432 g/mol. The third kappa shape index (κ3) is 3.56. The Morgan fingerprint density at radius 2 is 2.25 bits per heavy atom. The average Bonchev–Trinajstić information content (AvgIpc) is 3.45. The van der Waals surface area contributed by atoms with E-state index in [9.17, 15) is 9.59 Å². The van der Waals surface area contributed by atoms with Gasteiger partial charge in [0, 0.05) is 35.1 Å². The fourth-order valence-corrected chi connectivity index (χ4v) is 6.09. The molecule has 4 rings (SSSR count). The quantitative estimate of drug-likeness (QED) is 0.418. The van der Waals surface area contributed by atoms with E-state index in [1.807, 2.05) is 34.7 Å². The Hall–Kier alpha value is -1.90. The summed E-state index contributed by atoms with van der Waals surface area (Å²) >= 11 is 4.43. The zero-order chi connectivity index (χ0) is 19.7. The Labute approximate surface area is 175 Å². The minimum absolute atomic E-state index is 0.0598. The molecular weight excluding hydrogens is 410 g/mol. The number of aromatic nitrogens is 2. The van der Waals surface area contributed by atoms with Gasteiger partial charge in [-0.15, -0.1) is 22.7 Å². The van der Waals surface area contributed by atoms with Gasteiger partial charge in [-0.25, -0.2) is 4.98 Å². The first-order valence-electron chi connectivity index (χ1n) is 9.24. The summed E-state index contributed by atoms with van der Waals surface area (Å²) in [7, 11) is 1.73. The van der Waals surface area contributed by atoms with Gasteiger partial charge in [0.2, 0.25) is 5.91 Å². The van der Waals surface area contributed by atoms with E-state index < -0.39 is 0 Å². The summed E-state index contributed by atoms with van der Waals surface area (Å²) in [4.78, 5) is 34.0. The van der Waals surface area contributed by atoms with Crippen molar-refractivity contribution in [3.05, 3.63) is 45.0 Å². The topological polar surface area (TPSA) is 55.2 Å². The lowest BCUT2D eigenvalue weighted by Crippen LogP contribution is -2.31. The Bertz CT molecular complexity index is 1100. The van der Waals surface area contributed by atoms with E-state index in [1.54, 1.807) is 23.0 Å². The number of hydrogen-bond donors (Lipinski definition) is 0. The molecule has 1 aliphatic carbocycles. The summed E-state index contributed by atoms with van der Waals surface area (Å²) in [5, 5.41) is 5.25. The second kappa shape index (κ2) is 8.23. The van der Waals surface area contributed by atoms with Gasteiger partial charge in [0.1, 0.15) is 4.83 Å². The van der Waals surface area contributed by atoms with Crippen LogP contribution in [0.15, 0.2) is 44.6 Å². The number of allylic oxidation sites excluding steroid dienone is 2. The highest BCUT2D eigenvalue weighted by Crippen LogP contribution is 2.34. The van der Waals surface area contributed by atoms with Crippen LogP contribution in [0.3, 0.4) is 0 Å². The van der Waals surface area contributed by atoms with Crippen LogP contribution in [0.5, 0.6) is 0 Å². The number of hydrogen-bond acceptors (Lipinski definition) is 6. The number of thiophene rings is 2. The minimum atomic E-state index is -0.0598. The van der Waals surface area contributed by atoms with Gasteiger partial charge in [-0.2, -0.15) is 0 Å². The molecule has 0 saturated heterocycles. The molecule has 3 aromatic heterocycles. The van der Waals surface area contributed by atoms with Crippen molar-refractivity contribution in [3.8, 4) is 10.4 Å². The van der Waals surface area contributed by atoms with Crippen LogP contribution in [-0.4, -0.2) is 32.7 Å². The van der Waals surface area contributed by atoms with Crippen LogP contribution in [0.25, 0.3) is 20.7 Å². The lowest BCUT2D eigenvalue weighted by Gasteiger charge is -2.22. The summed E-state index contributed by atoms with van der Waals surface area (Å²) in [6.07, 6.45) is 5.28. The monoisotopic (exact) mass is 431 g/mol. The molecule has 0 aliphatic heterocycles. The summed E-state index contributed by atoms with van der Waals surface area (Å²) < 4.78 is 1.56. The van der Waals surface area contributed by atoms with Gasteiger partial charge in [-0.05, 0) is 37.6 Å². The van der Waals surface area contributed by atoms with Crippen molar-refractivity contribution >= 4 is 50.6 Å². The van der Waals surface area contributed by atoms with E-state index in [4.69, 9.17) is 0 Å². The van der Waals surface area contributed by atoms with Crippen molar-refractivity contribution < 1.29 is 4.79 Å². The van der Waals surface area contributed by atoms with Gasteiger partial charge in [0.25, 0.3) is 5.56 Å². The number of nitrogens with zero attached hydrogens (tertiary/aromatic N) is 3. The zero-order valence-electron chi connectivity index (χ0n) is 15.8. The number of thioether (sulfide) groups is 1. The molecule has 0 N–H and O–H groups in total. The molecule has 1 amide bonds. The molecule has 0 spiro atoms. The standard InChI is InChI=1S/C20H21N3O2S3/c1-3-23(13-7-4-5-8-13)16(24)12-28-20-21-18-17(19(25)22(20)2)14(11-27-18)15-9-6-10-26-15/h6-7,9-11H,3-5,8,12H2,1-2H3. The van der Waals surface area contributed by atoms with E-state index in [0.717, 1.165) is 40.2 Å². The minimum Gasteiger partial charge on any atom is -0.316 e. The molecule has 28 heavy (non-hydrogen) atoms. The molecule has 0 atom stereocenters.